The number of likely N-dealkylation sites (N-methyl/N-ethyl adjacent to an activating group) is 1. The molecule has 1 aliphatic heterocycles. The van der Waals surface area contributed by atoms with Crippen LogP contribution in [0.1, 0.15) is 19.3 Å². The molecule has 82 valence electrons. The Kier molecular flexibility index (Phi) is 4.90. The smallest absolute Gasteiger partial charge is 0.306 e. The largest absolute Gasteiger partial charge is 0.469 e. The van der Waals surface area contributed by atoms with E-state index < -0.39 is 0 Å². The lowest BCUT2D eigenvalue weighted by atomic mass is 10.1. The second-order valence-corrected chi connectivity index (χ2v) is 3.81. The number of ether oxygens (including phenoxy) is 1. The molecule has 1 N–H and O–H groups in total. The minimum atomic E-state index is -0.124. The van der Waals surface area contributed by atoms with Gasteiger partial charge in [0.25, 0.3) is 0 Å². The molecule has 4 heteroatoms. The molecule has 0 aromatic heterocycles. The van der Waals surface area contributed by atoms with Gasteiger partial charge in [-0.15, -0.1) is 0 Å². The lowest BCUT2D eigenvalue weighted by Crippen LogP contribution is -2.44. The van der Waals surface area contributed by atoms with Crippen LogP contribution in [0.4, 0.5) is 0 Å². The van der Waals surface area contributed by atoms with Crippen molar-refractivity contribution in [3.8, 4) is 0 Å². The van der Waals surface area contributed by atoms with Crippen LogP contribution < -0.4 is 5.32 Å². The summed E-state index contributed by atoms with van der Waals surface area (Å²) in [6, 6.07) is 0.577. The summed E-state index contributed by atoms with van der Waals surface area (Å²) in [7, 11) is 3.51. The summed E-state index contributed by atoms with van der Waals surface area (Å²) >= 11 is 0. The SMILES string of the molecule is COC(=O)CCN(C)C1CCCNC1. The lowest BCUT2D eigenvalue weighted by Gasteiger charge is -2.31. The molecule has 1 heterocycles. The highest BCUT2D eigenvalue weighted by Gasteiger charge is 2.17. The molecule has 1 aliphatic rings. The topological polar surface area (TPSA) is 41.6 Å². The van der Waals surface area contributed by atoms with Crippen LogP contribution >= 0.6 is 0 Å². The number of nitrogens with zero attached hydrogens (tertiary/aromatic N) is 1. The summed E-state index contributed by atoms with van der Waals surface area (Å²) in [6.07, 6.45) is 2.95. The number of hydrogen-bond acceptors (Lipinski definition) is 4. The van der Waals surface area contributed by atoms with Crippen LogP contribution in [0.5, 0.6) is 0 Å². The van der Waals surface area contributed by atoms with Crippen LogP contribution in [0, 0.1) is 0 Å². The van der Waals surface area contributed by atoms with Gasteiger partial charge in [-0.1, -0.05) is 0 Å². The van der Waals surface area contributed by atoms with Crippen molar-refractivity contribution in [2.24, 2.45) is 0 Å². The van der Waals surface area contributed by atoms with Crippen LogP contribution in [0.15, 0.2) is 0 Å². The number of hydrogen-bond donors (Lipinski definition) is 1. The Labute approximate surface area is 85.6 Å². The number of carbonyl (C=O) groups excluding carboxylic acids is 1. The quantitative estimate of drug-likeness (QED) is 0.660. The number of methoxy groups -OCH3 is 1. The monoisotopic (exact) mass is 200 g/mol. The van der Waals surface area contributed by atoms with Crippen LogP contribution in [0.3, 0.4) is 0 Å². The normalized spacial score (nSPS) is 22.4. The first-order valence-corrected chi connectivity index (χ1v) is 5.22. The molecule has 14 heavy (non-hydrogen) atoms. The van der Waals surface area contributed by atoms with Crippen LogP contribution in [-0.2, 0) is 9.53 Å². The molecule has 1 saturated heterocycles. The molecule has 1 unspecified atom stereocenters. The van der Waals surface area contributed by atoms with E-state index >= 15 is 0 Å². The lowest BCUT2D eigenvalue weighted by molar-refractivity contribution is -0.141. The number of piperidine rings is 1. The standard InChI is InChI=1S/C10H20N2O2/c1-12(7-5-10(13)14-2)9-4-3-6-11-8-9/h9,11H,3-8H2,1-2H3. The number of esters is 1. The van der Waals surface area contributed by atoms with Crippen LogP contribution in [-0.4, -0.2) is 50.7 Å². The molecule has 0 aliphatic carbocycles. The van der Waals surface area contributed by atoms with Gasteiger partial charge in [0.15, 0.2) is 0 Å². The highest BCUT2D eigenvalue weighted by molar-refractivity contribution is 5.69. The van der Waals surface area contributed by atoms with Gasteiger partial charge in [0, 0.05) is 19.1 Å². The van der Waals surface area contributed by atoms with Crippen molar-refractivity contribution in [2.45, 2.75) is 25.3 Å². The fourth-order valence-corrected chi connectivity index (χ4v) is 1.76. The van der Waals surface area contributed by atoms with E-state index in [0.717, 1.165) is 19.6 Å². The van der Waals surface area contributed by atoms with E-state index in [-0.39, 0.29) is 5.97 Å². The maximum Gasteiger partial charge on any atom is 0.306 e. The third-order valence-corrected chi connectivity index (χ3v) is 2.79. The average Bonchev–Trinajstić information content (AvgIpc) is 2.26. The van der Waals surface area contributed by atoms with E-state index in [4.69, 9.17) is 0 Å². The Morgan fingerprint density at radius 2 is 2.43 bits per heavy atom. The number of carbonyl (C=O) groups is 1. The number of rotatable bonds is 4. The van der Waals surface area contributed by atoms with Crippen molar-refractivity contribution in [2.75, 3.05) is 33.8 Å². The third kappa shape index (κ3) is 3.64. The molecule has 0 aromatic rings. The predicted octanol–water partition coefficient (Wildman–Crippen LogP) is 0.233. The molecule has 0 aromatic carbocycles. The zero-order valence-corrected chi connectivity index (χ0v) is 9.08. The molecule has 0 saturated carbocycles. The van der Waals surface area contributed by atoms with Gasteiger partial charge in [0.05, 0.1) is 13.5 Å². The molecular weight excluding hydrogens is 180 g/mol. The first-order valence-electron chi connectivity index (χ1n) is 5.22. The van der Waals surface area contributed by atoms with Crippen LogP contribution in [0.25, 0.3) is 0 Å². The fourth-order valence-electron chi connectivity index (χ4n) is 1.76. The van der Waals surface area contributed by atoms with Gasteiger partial charge >= 0.3 is 5.97 Å². The molecule has 4 nitrogen and oxygen atoms in total. The van der Waals surface area contributed by atoms with E-state index in [1.807, 2.05) is 0 Å². The molecule has 1 atom stereocenters. The predicted molar refractivity (Wildman–Crippen MR) is 55.2 cm³/mol. The molecule has 1 rings (SSSR count). The van der Waals surface area contributed by atoms with Gasteiger partial charge in [-0.25, -0.2) is 0 Å². The maximum absolute atomic E-state index is 10.9. The summed E-state index contributed by atoms with van der Waals surface area (Å²) in [5, 5.41) is 3.36. The van der Waals surface area contributed by atoms with E-state index in [0.29, 0.717) is 12.5 Å². The van der Waals surface area contributed by atoms with Crippen molar-refractivity contribution in [1.82, 2.24) is 10.2 Å². The average molecular weight is 200 g/mol. The van der Waals surface area contributed by atoms with Crippen molar-refractivity contribution >= 4 is 5.97 Å². The Balaban J connectivity index is 2.19. The molecule has 1 fully saturated rings. The van der Waals surface area contributed by atoms with Gasteiger partial charge in [-0.05, 0) is 26.4 Å². The molecule has 0 amide bonds. The van der Waals surface area contributed by atoms with E-state index in [2.05, 4.69) is 22.0 Å². The van der Waals surface area contributed by atoms with Gasteiger partial charge < -0.3 is 15.0 Å². The minimum absolute atomic E-state index is 0.124. The van der Waals surface area contributed by atoms with E-state index in [9.17, 15) is 4.79 Å². The highest BCUT2D eigenvalue weighted by atomic mass is 16.5. The first-order chi connectivity index (χ1) is 6.74. The number of nitrogens with one attached hydrogen (secondary N) is 1. The second kappa shape index (κ2) is 5.98. The maximum atomic E-state index is 10.9. The zero-order valence-electron chi connectivity index (χ0n) is 9.08. The molecular formula is C10H20N2O2. The summed E-state index contributed by atoms with van der Waals surface area (Å²) in [5.74, 6) is -0.124. The van der Waals surface area contributed by atoms with E-state index in [1.54, 1.807) is 0 Å². The molecule has 0 bridgehead atoms. The first kappa shape index (κ1) is 11.5. The summed E-state index contributed by atoms with van der Waals surface area (Å²) in [5.41, 5.74) is 0. The van der Waals surface area contributed by atoms with Crippen molar-refractivity contribution < 1.29 is 9.53 Å². The Morgan fingerprint density at radius 1 is 1.64 bits per heavy atom. The highest BCUT2D eigenvalue weighted by Crippen LogP contribution is 2.08. The van der Waals surface area contributed by atoms with Crippen molar-refractivity contribution in [3.05, 3.63) is 0 Å². The minimum Gasteiger partial charge on any atom is -0.469 e. The Bertz CT molecular complexity index is 179. The fraction of sp³-hybridized carbons (Fsp3) is 0.900. The van der Waals surface area contributed by atoms with Crippen LogP contribution in [0.2, 0.25) is 0 Å². The Hall–Kier alpha value is -0.610. The third-order valence-electron chi connectivity index (χ3n) is 2.79. The van der Waals surface area contributed by atoms with Crippen molar-refractivity contribution in [3.63, 3.8) is 0 Å². The van der Waals surface area contributed by atoms with Crippen molar-refractivity contribution in [1.29, 1.82) is 0 Å². The Morgan fingerprint density at radius 3 is 3.00 bits per heavy atom. The van der Waals surface area contributed by atoms with E-state index in [1.165, 1.54) is 20.0 Å². The summed E-state index contributed by atoms with van der Waals surface area (Å²) in [6.45, 7) is 2.96. The summed E-state index contributed by atoms with van der Waals surface area (Å²) in [4.78, 5) is 13.2. The summed E-state index contributed by atoms with van der Waals surface area (Å²) < 4.78 is 4.61. The second-order valence-electron chi connectivity index (χ2n) is 3.81. The van der Waals surface area contributed by atoms with Gasteiger partial charge in [-0.2, -0.15) is 0 Å². The van der Waals surface area contributed by atoms with Gasteiger partial charge in [-0.3, -0.25) is 4.79 Å². The van der Waals surface area contributed by atoms with Gasteiger partial charge in [0.1, 0.15) is 0 Å². The molecule has 0 spiro atoms. The van der Waals surface area contributed by atoms with Gasteiger partial charge in [0.2, 0.25) is 0 Å². The molecule has 0 radical (unpaired) electrons. The zero-order chi connectivity index (χ0) is 10.4.